The molecule has 0 aliphatic heterocycles. The molecular formula is C16H35NO2. The Morgan fingerprint density at radius 3 is 1.26 bits per heavy atom. The summed E-state index contributed by atoms with van der Waals surface area (Å²) in [6.45, 7) is 8.87. The molecule has 0 aromatic carbocycles. The molecule has 0 amide bonds. The van der Waals surface area contributed by atoms with Crippen LogP contribution in [-0.4, -0.2) is 22.7 Å². The van der Waals surface area contributed by atoms with Gasteiger partial charge < -0.3 is 10.2 Å². The lowest BCUT2D eigenvalue weighted by Gasteiger charge is -2.18. The first-order valence-corrected chi connectivity index (χ1v) is 8.04. The van der Waals surface area contributed by atoms with Crippen molar-refractivity contribution in [2.24, 2.45) is 11.8 Å². The van der Waals surface area contributed by atoms with Crippen molar-refractivity contribution < 1.29 is 10.2 Å². The fourth-order valence-electron chi connectivity index (χ4n) is 2.17. The summed E-state index contributed by atoms with van der Waals surface area (Å²) < 4.78 is 0. The standard InChI is InChI=1S/C16H35NO2/c1-13(2)9-5-7-11-15(18)17-16(19)12-8-6-10-14(3)4/h13-19H,5-12H2,1-4H3. The van der Waals surface area contributed by atoms with Gasteiger partial charge in [-0.2, -0.15) is 0 Å². The van der Waals surface area contributed by atoms with Crippen molar-refractivity contribution in [2.45, 2.75) is 91.5 Å². The van der Waals surface area contributed by atoms with Gasteiger partial charge in [0.2, 0.25) is 0 Å². The molecule has 3 nitrogen and oxygen atoms in total. The van der Waals surface area contributed by atoms with Gasteiger partial charge in [-0.1, -0.05) is 53.4 Å². The van der Waals surface area contributed by atoms with Gasteiger partial charge in [-0.15, -0.1) is 0 Å². The van der Waals surface area contributed by atoms with E-state index >= 15 is 0 Å². The van der Waals surface area contributed by atoms with E-state index in [-0.39, 0.29) is 0 Å². The Labute approximate surface area is 119 Å². The van der Waals surface area contributed by atoms with Crippen LogP contribution in [0, 0.1) is 11.8 Å². The summed E-state index contributed by atoms with van der Waals surface area (Å²) in [6, 6.07) is 0. The highest BCUT2D eigenvalue weighted by atomic mass is 16.3. The van der Waals surface area contributed by atoms with E-state index in [0.29, 0.717) is 0 Å². The molecule has 3 heteroatoms. The van der Waals surface area contributed by atoms with Crippen LogP contribution in [0.1, 0.15) is 79.1 Å². The normalized spacial score (nSPS) is 15.2. The van der Waals surface area contributed by atoms with Crippen LogP contribution in [0.5, 0.6) is 0 Å². The fraction of sp³-hybridized carbons (Fsp3) is 1.00. The molecule has 0 rings (SSSR count). The Bertz CT molecular complexity index is 175. The zero-order chi connectivity index (χ0) is 14.7. The van der Waals surface area contributed by atoms with Gasteiger partial charge in [0.1, 0.15) is 12.5 Å². The minimum Gasteiger partial charge on any atom is -0.379 e. The number of hydrogen-bond acceptors (Lipinski definition) is 3. The maximum atomic E-state index is 9.76. The van der Waals surface area contributed by atoms with Crippen LogP contribution in [0.4, 0.5) is 0 Å². The Balaban J connectivity index is 3.44. The number of aliphatic hydroxyl groups excluding tert-OH is 2. The summed E-state index contributed by atoms with van der Waals surface area (Å²) in [5.41, 5.74) is 0. The van der Waals surface area contributed by atoms with Crippen LogP contribution >= 0.6 is 0 Å². The zero-order valence-electron chi connectivity index (χ0n) is 13.4. The number of nitrogens with one attached hydrogen (secondary N) is 1. The minimum atomic E-state index is -0.563. The molecule has 0 spiro atoms. The Kier molecular flexibility index (Phi) is 11.6. The first-order valence-electron chi connectivity index (χ1n) is 8.04. The highest BCUT2D eigenvalue weighted by molar-refractivity contribution is 4.60. The summed E-state index contributed by atoms with van der Waals surface area (Å²) in [4.78, 5) is 0. The van der Waals surface area contributed by atoms with E-state index < -0.39 is 12.5 Å². The second-order valence-corrected chi connectivity index (χ2v) is 6.55. The third-order valence-corrected chi connectivity index (χ3v) is 3.40. The smallest absolute Gasteiger partial charge is 0.106 e. The maximum absolute atomic E-state index is 9.76. The first-order chi connectivity index (χ1) is 8.91. The van der Waals surface area contributed by atoms with Crippen LogP contribution in [0.2, 0.25) is 0 Å². The number of aliphatic hydroxyl groups is 2. The quantitative estimate of drug-likeness (QED) is 0.376. The van der Waals surface area contributed by atoms with Gasteiger partial charge in [0, 0.05) is 0 Å². The lowest BCUT2D eigenvalue weighted by Crippen LogP contribution is -2.38. The first kappa shape index (κ1) is 18.9. The largest absolute Gasteiger partial charge is 0.379 e. The number of hydrogen-bond donors (Lipinski definition) is 3. The van der Waals surface area contributed by atoms with Crippen LogP contribution < -0.4 is 5.32 Å². The van der Waals surface area contributed by atoms with E-state index in [1.165, 1.54) is 12.8 Å². The highest BCUT2D eigenvalue weighted by Crippen LogP contribution is 2.11. The van der Waals surface area contributed by atoms with Crippen LogP contribution in [0.25, 0.3) is 0 Å². The van der Waals surface area contributed by atoms with Crippen molar-refractivity contribution in [3.8, 4) is 0 Å². The molecule has 0 fully saturated rings. The van der Waals surface area contributed by atoms with Gasteiger partial charge in [0.05, 0.1) is 0 Å². The summed E-state index contributed by atoms with van der Waals surface area (Å²) >= 11 is 0. The van der Waals surface area contributed by atoms with E-state index in [0.717, 1.165) is 50.4 Å². The van der Waals surface area contributed by atoms with Crippen LogP contribution in [-0.2, 0) is 0 Å². The van der Waals surface area contributed by atoms with Gasteiger partial charge in [-0.3, -0.25) is 5.32 Å². The van der Waals surface area contributed by atoms with E-state index in [1.807, 2.05) is 0 Å². The zero-order valence-corrected chi connectivity index (χ0v) is 13.4. The van der Waals surface area contributed by atoms with Gasteiger partial charge in [0.25, 0.3) is 0 Å². The van der Waals surface area contributed by atoms with Gasteiger partial charge in [-0.25, -0.2) is 0 Å². The van der Waals surface area contributed by atoms with Crippen molar-refractivity contribution in [1.82, 2.24) is 5.32 Å². The molecule has 0 saturated heterocycles. The molecule has 0 bridgehead atoms. The SMILES string of the molecule is CC(C)CCCCC(O)NC(O)CCCCC(C)C. The average Bonchev–Trinajstić information content (AvgIpc) is 2.30. The molecule has 2 unspecified atom stereocenters. The molecule has 19 heavy (non-hydrogen) atoms. The fourth-order valence-corrected chi connectivity index (χ4v) is 2.17. The molecule has 0 aromatic heterocycles. The molecule has 0 saturated carbocycles. The molecule has 3 N–H and O–H groups in total. The molecule has 2 atom stereocenters. The number of unbranched alkanes of at least 4 members (excludes halogenated alkanes) is 2. The molecule has 116 valence electrons. The third-order valence-electron chi connectivity index (χ3n) is 3.40. The monoisotopic (exact) mass is 273 g/mol. The van der Waals surface area contributed by atoms with Crippen molar-refractivity contribution in [3.05, 3.63) is 0 Å². The van der Waals surface area contributed by atoms with Crippen molar-refractivity contribution in [3.63, 3.8) is 0 Å². The molecule has 0 aromatic rings. The van der Waals surface area contributed by atoms with Gasteiger partial charge >= 0.3 is 0 Å². The second-order valence-electron chi connectivity index (χ2n) is 6.55. The maximum Gasteiger partial charge on any atom is 0.106 e. The van der Waals surface area contributed by atoms with Crippen LogP contribution in [0.15, 0.2) is 0 Å². The Hall–Kier alpha value is -0.120. The molecule has 0 aliphatic carbocycles. The van der Waals surface area contributed by atoms with E-state index in [2.05, 4.69) is 33.0 Å². The van der Waals surface area contributed by atoms with Crippen molar-refractivity contribution >= 4 is 0 Å². The predicted octanol–water partition coefficient (Wildman–Crippen LogP) is 3.65. The lowest BCUT2D eigenvalue weighted by molar-refractivity contribution is 0.0308. The highest BCUT2D eigenvalue weighted by Gasteiger charge is 2.10. The molecule has 0 aliphatic rings. The van der Waals surface area contributed by atoms with E-state index in [1.54, 1.807) is 0 Å². The number of rotatable bonds is 12. The van der Waals surface area contributed by atoms with Crippen LogP contribution in [0.3, 0.4) is 0 Å². The third kappa shape index (κ3) is 14.1. The molecular weight excluding hydrogens is 238 g/mol. The Morgan fingerprint density at radius 1 is 0.632 bits per heavy atom. The van der Waals surface area contributed by atoms with E-state index in [9.17, 15) is 10.2 Å². The predicted molar refractivity (Wildman–Crippen MR) is 81.8 cm³/mol. The second kappa shape index (κ2) is 11.7. The molecule has 0 radical (unpaired) electrons. The summed E-state index contributed by atoms with van der Waals surface area (Å²) in [5.74, 6) is 1.47. The van der Waals surface area contributed by atoms with Gasteiger partial charge in [-0.05, 0) is 37.5 Å². The average molecular weight is 273 g/mol. The van der Waals surface area contributed by atoms with E-state index in [4.69, 9.17) is 0 Å². The topological polar surface area (TPSA) is 52.5 Å². The van der Waals surface area contributed by atoms with Gasteiger partial charge in [0.15, 0.2) is 0 Å². The summed E-state index contributed by atoms with van der Waals surface area (Å²) in [7, 11) is 0. The Morgan fingerprint density at radius 2 is 0.947 bits per heavy atom. The molecule has 0 heterocycles. The summed E-state index contributed by atoms with van der Waals surface area (Å²) in [5, 5.41) is 22.4. The summed E-state index contributed by atoms with van der Waals surface area (Å²) in [6.07, 6.45) is 7.11. The van der Waals surface area contributed by atoms with Crippen molar-refractivity contribution in [2.75, 3.05) is 0 Å². The van der Waals surface area contributed by atoms with Crippen molar-refractivity contribution in [1.29, 1.82) is 0 Å². The lowest BCUT2D eigenvalue weighted by atomic mass is 10.0. The minimum absolute atomic E-state index is 0.563.